The number of aromatic nitrogens is 7. The van der Waals surface area contributed by atoms with Crippen LogP contribution >= 0.6 is 0 Å². The van der Waals surface area contributed by atoms with E-state index in [-0.39, 0.29) is 6.79 Å². The lowest BCUT2D eigenvalue weighted by molar-refractivity contribution is 0.174. The SMILES string of the molecule is Cc1c(-c2ccnc(N3CCN(c4ccc5c(c4)OCO5)CC3)n2)nnc2nc(-c3ccccc3)nn12. The fraction of sp³-hybridized carbons (Fsp3) is 0.231. The number of benzene rings is 2. The molecule has 1 fully saturated rings. The largest absolute Gasteiger partial charge is 0.454 e. The quantitative estimate of drug-likeness (QED) is 0.371. The standard InChI is InChI=1S/C26H23N9O2/c1-17-23(30-31-26-29-24(32-35(17)26)18-5-3-2-4-6-18)20-9-10-27-25(28-20)34-13-11-33(12-14-34)19-7-8-21-22(15-19)37-16-36-21/h2-10,15H,11-14,16H2,1H3. The third-order valence-corrected chi connectivity index (χ3v) is 6.69. The molecule has 0 bridgehead atoms. The summed E-state index contributed by atoms with van der Waals surface area (Å²) in [6.07, 6.45) is 1.77. The first-order valence-electron chi connectivity index (χ1n) is 12.1. The minimum absolute atomic E-state index is 0.280. The summed E-state index contributed by atoms with van der Waals surface area (Å²) in [6, 6.07) is 17.8. The molecule has 3 aromatic heterocycles. The fourth-order valence-electron chi connectivity index (χ4n) is 4.69. The number of nitrogens with zero attached hydrogens (tertiary/aromatic N) is 9. The smallest absolute Gasteiger partial charge is 0.272 e. The summed E-state index contributed by atoms with van der Waals surface area (Å²) < 4.78 is 12.7. The number of aryl methyl sites for hydroxylation is 1. The molecule has 0 spiro atoms. The van der Waals surface area contributed by atoms with Crippen molar-refractivity contribution in [1.29, 1.82) is 0 Å². The van der Waals surface area contributed by atoms with Crippen molar-refractivity contribution in [2.24, 2.45) is 0 Å². The normalized spacial score (nSPS) is 14.9. The maximum absolute atomic E-state index is 5.54. The molecule has 0 atom stereocenters. The molecule has 0 unspecified atom stereocenters. The molecule has 37 heavy (non-hydrogen) atoms. The first-order chi connectivity index (χ1) is 18.2. The molecule has 2 aliphatic rings. The summed E-state index contributed by atoms with van der Waals surface area (Å²) in [5.74, 6) is 3.33. The van der Waals surface area contributed by atoms with E-state index in [1.807, 2.05) is 55.5 Å². The van der Waals surface area contributed by atoms with Crippen LogP contribution in [0, 0.1) is 6.92 Å². The van der Waals surface area contributed by atoms with E-state index in [0.29, 0.717) is 28.9 Å². The van der Waals surface area contributed by atoms with Gasteiger partial charge in [0.15, 0.2) is 17.3 Å². The summed E-state index contributed by atoms with van der Waals surface area (Å²) in [4.78, 5) is 18.5. The zero-order valence-corrected chi connectivity index (χ0v) is 20.2. The Balaban J connectivity index is 1.12. The summed E-state index contributed by atoms with van der Waals surface area (Å²) >= 11 is 0. The Hall–Kier alpha value is -4.80. The molecule has 0 amide bonds. The van der Waals surface area contributed by atoms with Crippen LogP contribution in [0.3, 0.4) is 0 Å². The van der Waals surface area contributed by atoms with Gasteiger partial charge in [-0.1, -0.05) is 30.3 Å². The lowest BCUT2D eigenvalue weighted by Gasteiger charge is -2.36. The van der Waals surface area contributed by atoms with Gasteiger partial charge in [-0.3, -0.25) is 0 Å². The maximum atomic E-state index is 5.54. The number of hydrogen-bond donors (Lipinski definition) is 0. The number of anilines is 2. The molecule has 2 aromatic carbocycles. The van der Waals surface area contributed by atoms with Gasteiger partial charge in [0.2, 0.25) is 12.7 Å². The van der Waals surface area contributed by atoms with Gasteiger partial charge in [-0.05, 0) is 25.1 Å². The highest BCUT2D eigenvalue weighted by molar-refractivity contribution is 5.62. The zero-order chi connectivity index (χ0) is 24.8. The Labute approximate surface area is 212 Å². The molecule has 2 aliphatic heterocycles. The molecule has 0 N–H and O–H groups in total. The van der Waals surface area contributed by atoms with E-state index in [1.165, 1.54) is 0 Å². The van der Waals surface area contributed by atoms with Crippen molar-refractivity contribution < 1.29 is 9.47 Å². The monoisotopic (exact) mass is 493 g/mol. The molecule has 11 heteroatoms. The Morgan fingerprint density at radius 3 is 2.49 bits per heavy atom. The van der Waals surface area contributed by atoms with Crippen LogP contribution in [0.4, 0.5) is 11.6 Å². The van der Waals surface area contributed by atoms with Crippen molar-refractivity contribution in [1.82, 2.24) is 34.8 Å². The van der Waals surface area contributed by atoms with Gasteiger partial charge in [0.1, 0.15) is 5.69 Å². The number of rotatable bonds is 4. The first-order valence-corrected chi connectivity index (χ1v) is 12.1. The van der Waals surface area contributed by atoms with Gasteiger partial charge in [0.25, 0.3) is 5.78 Å². The van der Waals surface area contributed by atoms with Gasteiger partial charge < -0.3 is 19.3 Å². The van der Waals surface area contributed by atoms with Crippen molar-refractivity contribution in [3.05, 3.63) is 66.5 Å². The lowest BCUT2D eigenvalue weighted by Crippen LogP contribution is -2.47. The Bertz CT molecular complexity index is 1600. The van der Waals surface area contributed by atoms with E-state index in [4.69, 9.17) is 14.5 Å². The molecule has 11 nitrogen and oxygen atoms in total. The zero-order valence-electron chi connectivity index (χ0n) is 20.2. The summed E-state index contributed by atoms with van der Waals surface area (Å²) in [7, 11) is 0. The molecule has 0 saturated carbocycles. The predicted molar refractivity (Wildman–Crippen MR) is 137 cm³/mol. The third-order valence-electron chi connectivity index (χ3n) is 6.69. The van der Waals surface area contributed by atoms with E-state index in [2.05, 4.69) is 41.1 Å². The molecule has 1 saturated heterocycles. The number of piperazine rings is 1. The molecular weight excluding hydrogens is 470 g/mol. The lowest BCUT2D eigenvalue weighted by atomic mass is 10.2. The second-order valence-corrected chi connectivity index (χ2v) is 8.90. The number of fused-ring (bicyclic) bond motifs is 2. The van der Waals surface area contributed by atoms with Crippen molar-refractivity contribution >= 4 is 17.4 Å². The number of hydrogen-bond acceptors (Lipinski definition) is 10. The topological polar surface area (TPSA) is 107 Å². The molecule has 7 rings (SSSR count). The fourth-order valence-corrected chi connectivity index (χ4v) is 4.69. The van der Waals surface area contributed by atoms with Crippen LogP contribution < -0.4 is 19.3 Å². The second kappa shape index (κ2) is 8.70. The molecule has 0 aliphatic carbocycles. The van der Waals surface area contributed by atoms with Crippen LogP contribution in [0.25, 0.3) is 28.6 Å². The average Bonchev–Trinajstić information content (AvgIpc) is 3.61. The van der Waals surface area contributed by atoms with Gasteiger partial charge >= 0.3 is 0 Å². The maximum Gasteiger partial charge on any atom is 0.272 e. The van der Waals surface area contributed by atoms with E-state index < -0.39 is 0 Å². The van der Waals surface area contributed by atoms with Gasteiger partial charge in [-0.15, -0.1) is 15.3 Å². The highest BCUT2D eigenvalue weighted by Gasteiger charge is 2.23. The van der Waals surface area contributed by atoms with E-state index in [0.717, 1.165) is 54.6 Å². The van der Waals surface area contributed by atoms with Gasteiger partial charge in [-0.25, -0.2) is 9.97 Å². The minimum Gasteiger partial charge on any atom is -0.454 e. The van der Waals surface area contributed by atoms with Gasteiger partial charge in [-0.2, -0.15) is 9.50 Å². The van der Waals surface area contributed by atoms with Crippen LogP contribution in [0.1, 0.15) is 5.69 Å². The molecule has 0 radical (unpaired) electrons. The number of ether oxygens (including phenoxy) is 2. The van der Waals surface area contributed by atoms with Crippen LogP contribution in [0.5, 0.6) is 11.5 Å². The Morgan fingerprint density at radius 1 is 0.811 bits per heavy atom. The van der Waals surface area contributed by atoms with Crippen LogP contribution in [-0.2, 0) is 0 Å². The highest BCUT2D eigenvalue weighted by atomic mass is 16.7. The van der Waals surface area contributed by atoms with E-state index in [9.17, 15) is 0 Å². The molecule has 5 heterocycles. The van der Waals surface area contributed by atoms with Crippen molar-refractivity contribution in [3.8, 4) is 34.3 Å². The summed E-state index contributed by atoms with van der Waals surface area (Å²) in [5.41, 5.74) is 4.22. The Morgan fingerprint density at radius 2 is 1.62 bits per heavy atom. The second-order valence-electron chi connectivity index (χ2n) is 8.90. The highest BCUT2D eigenvalue weighted by Crippen LogP contribution is 2.36. The van der Waals surface area contributed by atoms with E-state index in [1.54, 1.807) is 10.7 Å². The van der Waals surface area contributed by atoms with Crippen molar-refractivity contribution in [2.45, 2.75) is 6.92 Å². The Kier molecular flexibility index (Phi) is 5.05. The third kappa shape index (κ3) is 3.84. The van der Waals surface area contributed by atoms with E-state index >= 15 is 0 Å². The first kappa shape index (κ1) is 21.5. The van der Waals surface area contributed by atoms with Crippen LogP contribution in [-0.4, -0.2) is 67.7 Å². The van der Waals surface area contributed by atoms with Crippen LogP contribution in [0.2, 0.25) is 0 Å². The molecule has 5 aromatic rings. The minimum atomic E-state index is 0.280. The summed E-state index contributed by atoms with van der Waals surface area (Å²) in [5, 5.41) is 13.4. The van der Waals surface area contributed by atoms with Crippen molar-refractivity contribution in [2.75, 3.05) is 42.8 Å². The average molecular weight is 494 g/mol. The van der Waals surface area contributed by atoms with Gasteiger partial charge in [0, 0.05) is 49.7 Å². The van der Waals surface area contributed by atoms with Crippen LogP contribution in [0.15, 0.2) is 60.8 Å². The molecule has 184 valence electrons. The van der Waals surface area contributed by atoms with Gasteiger partial charge in [0.05, 0.1) is 11.4 Å². The van der Waals surface area contributed by atoms with Crippen molar-refractivity contribution in [3.63, 3.8) is 0 Å². The molecular formula is C26H23N9O2. The summed E-state index contributed by atoms with van der Waals surface area (Å²) in [6.45, 7) is 5.52. The predicted octanol–water partition coefficient (Wildman–Crippen LogP) is 3.01.